The van der Waals surface area contributed by atoms with Crippen molar-refractivity contribution in [1.82, 2.24) is 25.9 Å². The normalized spacial score (nSPS) is 33.9. The lowest BCUT2D eigenvalue weighted by molar-refractivity contribution is -0.248. The smallest absolute Gasteiger partial charge is 0.174 e. The van der Waals surface area contributed by atoms with Crippen LogP contribution in [0.1, 0.15) is 37.9 Å². The maximum Gasteiger partial charge on any atom is 0.174 e. The Balaban J connectivity index is 1.48. The first-order valence-corrected chi connectivity index (χ1v) is 7.57. The van der Waals surface area contributed by atoms with Crippen LogP contribution in [0.3, 0.4) is 0 Å². The number of aromatic nitrogens is 4. The highest BCUT2D eigenvalue weighted by Gasteiger charge is 2.35. The van der Waals surface area contributed by atoms with Crippen LogP contribution in [0.25, 0.3) is 0 Å². The third kappa shape index (κ3) is 3.34. The summed E-state index contributed by atoms with van der Waals surface area (Å²) in [5.41, 5.74) is 0. The second-order valence-electron chi connectivity index (χ2n) is 6.20. The topological polar surface area (TPSA) is 96.0 Å². The Kier molecular flexibility index (Phi) is 4.59. The van der Waals surface area contributed by atoms with Gasteiger partial charge in [0.2, 0.25) is 0 Å². The molecule has 2 aliphatic rings. The molecule has 112 valence electrons. The standard InChI is InChI=1S/C13H23N5O2/c19-20-8-12-6-11-5-9(1-3-10(11)7-14-12)2-4-13-15-17-18-16-13/h9-12,14,19H,1-8H2,(H,15,16,17,18). The van der Waals surface area contributed by atoms with E-state index < -0.39 is 0 Å². The highest BCUT2D eigenvalue weighted by Crippen LogP contribution is 2.40. The lowest BCUT2D eigenvalue weighted by atomic mass is 9.69. The van der Waals surface area contributed by atoms with Crippen LogP contribution in [0, 0.1) is 17.8 Å². The molecule has 1 aliphatic carbocycles. The Morgan fingerprint density at radius 1 is 1.25 bits per heavy atom. The quantitative estimate of drug-likeness (QED) is 0.551. The van der Waals surface area contributed by atoms with Crippen LogP contribution in [-0.4, -0.2) is 45.1 Å². The average molecular weight is 281 g/mol. The van der Waals surface area contributed by atoms with Crippen LogP contribution in [0.2, 0.25) is 0 Å². The first-order chi connectivity index (χ1) is 9.85. The summed E-state index contributed by atoms with van der Waals surface area (Å²) in [5.74, 6) is 3.15. The molecule has 4 atom stereocenters. The van der Waals surface area contributed by atoms with Gasteiger partial charge in [0, 0.05) is 12.5 Å². The number of hydrogen-bond donors (Lipinski definition) is 3. The van der Waals surface area contributed by atoms with Gasteiger partial charge in [0.05, 0.1) is 6.61 Å². The van der Waals surface area contributed by atoms with E-state index in [0.29, 0.717) is 12.6 Å². The van der Waals surface area contributed by atoms with E-state index in [1.807, 2.05) is 0 Å². The summed E-state index contributed by atoms with van der Waals surface area (Å²) in [6.07, 6.45) is 7.08. The van der Waals surface area contributed by atoms with Gasteiger partial charge >= 0.3 is 0 Å². The van der Waals surface area contributed by atoms with Crippen molar-refractivity contribution >= 4 is 0 Å². The zero-order valence-corrected chi connectivity index (χ0v) is 11.7. The Bertz CT molecular complexity index is 399. The molecule has 1 saturated heterocycles. The SMILES string of the molecule is OOCC1CC2CC(CCc3nn[nH]n3)CCC2CN1. The summed E-state index contributed by atoms with van der Waals surface area (Å²) < 4.78 is 0. The van der Waals surface area contributed by atoms with E-state index in [0.717, 1.165) is 49.4 Å². The van der Waals surface area contributed by atoms with E-state index in [-0.39, 0.29) is 0 Å². The molecule has 1 saturated carbocycles. The van der Waals surface area contributed by atoms with Gasteiger partial charge in [-0.2, -0.15) is 5.21 Å². The summed E-state index contributed by atoms with van der Waals surface area (Å²) >= 11 is 0. The van der Waals surface area contributed by atoms with Crippen molar-refractivity contribution in [2.45, 2.75) is 44.6 Å². The second-order valence-corrected chi connectivity index (χ2v) is 6.20. The fourth-order valence-corrected chi connectivity index (χ4v) is 3.85. The largest absolute Gasteiger partial charge is 0.311 e. The van der Waals surface area contributed by atoms with E-state index in [9.17, 15) is 0 Å². The molecule has 3 N–H and O–H groups in total. The maximum atomic E-state index is 8.59. The molecule has 2 heterocycles. The molecule has 2 fully saturated rings. The maximum absolute atomic E-state index is 8.59. The second kappa shape index (κ2) is 6.60. The fourth-order valence-electron chi connectivity index (χ4n) is 3.85. The first kappa shape index (κ1) is 13.9. The van der Waals surface area contributed by atoms with Crippen molar-refractivity contribution in [2.75, 3.05) is 13.2 Å². The zero-order valence-electron chi connectivity index (χ0n) is 11.7. The van der Waals surface area contributed by atoms with Gasteiger partial charge in [0.15, 0.2) is 5.82 Å². The molecule has 1 aromatic rings. The van der Waals surface area contributed by atoms with Gasteiger partial charge in [-0.25, -0.2) is 4.89 Å². The van der Waals surface area contributed by atoms with Crippen molar-refractivity contribution in [3.63, 3.8) is 0 Å². The molecule has 0 aromatic carbocycles. The highest BCUT2D eigenvalue weighted by molar-refractivity contribution is 4.90. The van der Waals surface area contributed by atoms with Gasteiger partial charge in [-0.15, -0.1) is 10.2 Å². The first-order valence-electron chi connectivity index (χ1n) is 7.57. The van der Waals surface area contributed by atoms with Crippen molar-refractivity contribution in [3.8, 4) is 0 Å². The highest BCUT2D eigenvalue weighted by atomic mass is 17.1. The number of piperidine rings is 1. The van der Waals surface area contributed by atoms with Crippen LogP contribution in [0.15, 0.2) is 0 Å². The van der Waals surface area contributed by atoms with Gasteiger partial charge in [-0.05, 0) is 50.0 Å². The minimum Gasteiger partial charge on any atom is -0.311 e. The summed E-state index contributed by atoms with van der Waals surface area (Å²) in [6, 6.07) is 0.303. The molecule has 0 spiro atoms. The minimum atomic E-state index is 0.303. The van der Waals surface area contributed by atoms with Gasteiger partial charge in [-0.1, -0.05) is 11.6 Å². The van der Waals surface area contributed by atoms with Crippen LogP contribution in [0.5, 0.6) is 0 Å². The van der Waals surface area contributed by atoms with E-state index in [2.05, 4.69) is 30.8 Å². The number of nitrogens with one attached hydrogen (secondary N) is 2. The lowest BCUT2D eigenvalue weighted by Gasteiger charge is -2.42. The van der Waals surface area contributed by atoms with Crippen LogP contribution >= 0.6 is 0 Å². The van der Waals surface area contributed by atoms with Crippen LogP contribution < -0.4 is 5.32 Å². The molecule has 3 rings (SSSR count). The van der Waals surface area contributed by atoms with E-state index >= 15 is 0 Å². The summed E-state index contributed by atoms with van der Waals surface area (Å²) in [5, 5.41) is 26.2. The van der Waals surface area contributed by atoms with Crippen molar-refractivity contribution in [2.24, 2.45) is 17.8 Å². The summed E-state index contributed by atoms with van der Waals surface area (Å²) in [4.78, 5) is 4.29. The average Bonchev–Trinajstić information content (AvgIpc) is 2.98. The number of H-pyrrole nitrogens is 1. The summed E-state index contributed by atoms with van der Waals surface area (Å²) in [7, 11) is 0. The molecular weight excluding hydrogens is 258 g/mol. The zero-order chi connectivity index (χ0) is 13.8. The Hall–Kier alpha value is -1.05. The number of nitrogens with zero attached hydrogens (tertiary/aromatic N) is 3. The number of fused-ring (bicyclic) bond motifs is 1. The Labute approximate surface area is 118 Å². The third-order valence-electron chi connectivity index (χ3n) is 4.95. The molecule has 7 nitrogen and oxygen atoms in total. The van der Waals surface area contributed by atoms with Crippen LogP contribution in [-0.2, 0) is 11.3 Å². The van der Waals surface area contributed by atoms with E-state index in [1.54, 1.807) is 0 Å². The molecule has 0 bridgehead atoms. The minimum absolute atomic E-state index is 0.303. The Morgan fingerprint density at radius 2 is 2.20 bits per heavy atom. The van der Waals surface area contributed by atoms with Crippen molar-refractivity contribution < 1.29 is 10.1 Å². The predicted molar refractivity (Wildman–Crippen MR) is 71.8 cm³/mol. The number of hydrogen-bond acceptors (Lipinski definition) is 6. The lowest BCUT2D eigenvalue weighted by Crippen LogP contribution is -2.48. The fraction of sp³-hybridized carbons (Fsp3) is 0.923. The van der Waals surface area contributed by atoms with Gasteiger partial charge in [0.1, 0.15) is 0 Å². The van der Waals surface area contributed by atoms with Gasteiger partial charge in [0.25, 0.3) is 0 Å². The van der Waals surface area contributed by atoms with E-state index in [4.69, 9.17) is 5.26 Å². The number of rotatable bonds is 5. The third-order valence-corrected chi connectivity index (χ3v) is 4.95. The van der Waals surface area contributed by atoms with Gasteiger partial charge in [-0.3, -0.25) is 5.26 Å². The number of aromatic amines is 1. The molecule has 1 aliphatic heterocycles. The van der Waals surface area contributed by atoms with Crippen molar-refractivity contribution in [3.05, 3.63) is 5.82 Å². The molecule has 20 heavy (non-hydrogen) atoms. The molecule has 7 heteroatoms. The number of aryl methyl sites for hydroxylation is 1. The van der Waals surface area contributed by atoms with Crippen LogP contribution in [0.4, 0.5) is 0 Å². The molecule has 1 aromatic heterocycles. The molecule has 0 amide bonds. The monoisotopic (exact) mass is 281 g/mol. The van der Waals surface area contributed by atoms with Gasteiger partial charge < -0.3 is 5.32 Å². The van der Waals surface area contributed by atoms with E-state index in [1.165, 1.54) is 19.3 Å². The molecule has 0 radical (unpaired) electrons. The van der Waals surface area contributed by atoms with Crippen molar-refractivity contribution in [1.29, 1.82) is 0 Å². The molecule has 4 unspecified atom stereocenters. The Morgan fingerprint density at radius 3 is 3.00 bits per heavy atom. The predicted octanol–water partition coefficient (Wildman–Crippen LogP) is 1.02. The molecular formula is C13H23N5O2. The summed E-state index contributed by atoms with van der Waals surface area (Å²) in [6.45, 7) is 1.47. The number of tetrazole rings is 1.